The number of fused-ring (bicyclic) bond motifs is 1. The number of amides is 1. The van der Waals surface area contributed by atoms with Crippen LogP contribution in [0.1, 0.15) is 18.1 Å². The predicted molar refractivity (Wildman–Crippen MR) is 110 cm³/mol. The van der Waals surface area contributed by atoms with Gasteiger partial charge in [-0.25, -0.2) is 4.52 Å². The zero-order chi connectivity index (χ0) is 20.5. The summed E-state index contributed by atoms with van der Waals surface area (Å²) in [6.45, 7) is 1.68. The Bertz CT molecular complexity index is 1300. The maximum absolute atomic E-state index is 11.3. The molecule has 2 N–H and O–H groups in total. The van der Waals surface area contributed by atoms with E-state index in [2.05, 4.69) is 16.3 Å². The molecule has 7 nitrogen and oxygen atoms in total. The molecule has 0 fully saturated rings. The first-order valence-electron chi connectivity index (χ1n) is 8.95. The van der Waals surface area contributed by atoms with Crippen LogP contribution in [-0.2, 0) is 11.8 Å². The lowest BCUT2D eigenvalue weighted by Crippen LogP contribution is -2.11. The SMILES string of the molecule is CC(=Cc1ccc(-c2cc(-c3cnn(C)c3)cn3ncc(C#N)c23)cc1)C(N)=O. The highest BCUT2D eigenvalue weighted by Gasteiger charge is 2.14. The fraction of sp³-hybridized carbons (Fsp3) is 0.0909. The summed E-state index contributed by atoms with van der Waals surface area (Å²) in [6.07, 6.45) is 8.93. The summed E-state index contributed by atoms with van der Waals surface area (Å²) in [5, 5.41) is 18.1. The van der Waals surface area contributed by atoms with Crippen LogP contribution < -0.4 is 5.73 Å². The van der Waals surface area contributed by atoms with Gasteiger partial charge < -0.3 is 5.73 Å². The third kappa shape index (κ3) is 3.39. The molecule has 3 aromatic heterocycles. The number of carbonyl (C=O) groups excluding carboxylic acids is 1. The van der Waals surface area contributed by atoms with E-state index in [1.807, 2.05) is 49.8 Å². The minimum atomic E-state index is -0.446. The van der Waals surface area contributed by atoms with E-state index in [0.717, 1.165) is 33.3 Å². The van der Waals surface area contributed by atoms with Gasteiger partial charge in [0.2, 0.25) is 5.91 Å². The van der Waals surface area contributed by atoms with E-state index in [-0.39, 0.29) is 0 Å². The molecule has 0 spiro atoms. The first kappa shape index (κ1) is 18.2. The van der Waals surface area contributed by atoms with Crippen LogP contribution in [0.25, 0.3) is 33.8 Å². The molecule has 3 heterocycles. The second kappa shape index (κ2) is 7.09. The van der Waals surface area contributed by atoms with Crippen LogP contribution in [0.5, 0.6) is 0 Å². The number of aromatic nitrogens is 4. The fourth-order valence-electron chi connectivity index (χ4n) is 3.23. The molecule has 29 heavy (non-hydrogen) atoms. The van der Waals surface area contributed by atoms with Gasteiger partial charge >= 0.3 is 0 Å². The van der Waals surface area contributed by atoms with E-state index >= 15 is 0 Å². The second-order valence-corrected chi connectivity index (χ2v) is 6.82. The second-order valence-electron chi connectivity index (χ2n) is 6.82. The number of aryl methyl sites for hydroxylation is 1. The van der Waals surface area contributed by atoms with Crippen molar-refractivity contribution in [1.82, 2.24) is 19.4 Å². The lowest BCUT2D eigenvalue weighted by molar-refractivity contribution is -0.114. The number of pyridine rings is 1. The first-order chi connectivity index (χ1) is 14.0. The van der Waals surface area contributed by atoms with Gasteiger partial charge in [0.25, 0.3) is 0 Å². The van der Waals surface area contributed by atoms with Crippen LogP contribution in [0.2, 0.25) is 0 Å². The van der Waals surface area contributed by atoms with E-state index in [0.29, 0.717) is 11.1 Å². The third-order valence-corrected chi connectivity index (χ3v) is 4.76. The highest BCUT2D eigenvalue weighted by Crippen LogP contribution is 2.32. The fourth-order valence-corrected chi connectivity index (χ4v) is 3.23. The van der Waals surface area contributed by atoms with Gasteiger partial charge in [-0.15, -0.1) is 0 Å². The number of nitriles is 1. The van der Waals surface area contributed by atoms with Gasteiger partial charge in [-0.1, -0.05) is 24.3 Å². The Morgan fingerprint density at radius 1 is 1.10 bits per heavy atom. The number of primary amides is 1. The van der Waals surface area contributed by atoms with Crippen molar-refractivity contribution in [2.75, 3.05) is 0 Å². The molecule has 1 amide bonds. The monoisotopic (exact) mass is 382 g/mol. The molecular formula is C22H18N6O. The first-order valence-corrected chi connectivity index (χ1v) is 8.95. The zero-order valence-electron chi connectivity index (χ0n) is 16.0. The third-order valence-electron chi connectivity index (χ3n) is 4.76. The molecule has 0 unspecified atom stereocenters. The van der Waals surface area contributed by atoms with Crippen molar-refractivity contribution in [3.05, 3.63) is 71.8 Å². The molecule has 0 aliphatic carbocycles. The van der Waals surface area contributed by atoms with Crippen molar-refractivity contribution in [3.63, 3.8) is 0 Å². The molecule has 7 heteroatoms. The largest absolute Gasteiger partial charge is 0.366 e. The van der Waals surface area contributed by atoms with E-state index in [1.165, 1.54) is 0 Å². The van der Waals surface area contributed by atoms with E-state index in [9.17, 15) is 10.1 Å². The molecule has 142 valence electrons. The number of nitrogens with two attached hydrogens (primary N) is 1. The number of hydrogen-bond donors (Lipinski definition) is 1. The highest BCUT2D eigenvalue weighted by atomic mass is 16.1. The maximum atomic E-state index is 11.3. The molecule has 1 aromatic carbocycles. The molecule has 0 bridgehead atoms. The van der Waals surface area contributed by atoms with Crippen molar-refractivity contribution in [2.24, 2.45) is 12.8 Å². The predicted octanol–water partition coefficient (Wildman–Crippen LogP) is 3.16. The minimum absolute atomic E-state index is 0.446. The van der Waals surface area contributed by atoms with Crippen LogP contribution in [0.3, 0.4) is 0 Å². The summed E-state index contributed by atoms with van der Waals surface area (Å²) in [5.41, 5.74) is 11.7. The minimum Gasteiger partial charge on any atom is -0.366 e. The van der Waals surface area contributed by atoms with Crippen LogP contribution >= 0.6 is 0 Å². The van der Waals surface area contributed by atoms with Gasteiger partial charge in [0.15, 0.2) is 0 Å². The summed E-state index contributed by atoms with van der Waals surface area (Å²) in [6, 6.07) is 12.0. The Morgan fingerprint density at radius 2 is 1.86 bits per heavy atom. The Morgan fingerprint density at radius 3 is 2.48 bits per heavy atom. The van der Waals surface area contributed by atoms with Crippen molar-refractivity contribution < 1.29 is 4.79 Å². The number of benzene rings is 1. The van der Waals surface area contributed by atoms with Gasteiger partial charge in [0, 0.05) is 41.7 Å². The Labute approximate surface area is 167 Å². The zero-order valence-corrected chi connectivity index (χ0v) is 16.0. The van der Waals surface area contributed by atoms with Crippen LogP contribution in [-0.4, -0.2) is 25.3 Å². The lowest BCUT2D eigenvalue weighted by atomic mass is 9.99. The van der Waals surface area contributed by atoms with E-state index in [4.69, 9.17) is 5.73 Å². The smallest absolute Gasteiger partial charge is 0.244 e. The Balaban J connectivity index is 1.87. The molecule has 4 aromatic rings. The number of hydrogen-bond acceptors (Lipinski definition) is 4. The highest BCUT2D eigenvalue weighted by molar-refractivity contribution is 5.96. The van der Waals surface area contributed by atoms with Gasteiger partial charge in [0.05, 0.1) is 23.5 Å². The summed E-state index contributed by atoms with van der Waals surface area (Å²) in [7, 11) is 1.87. The summed E-state index contributed by atoms with van der Waals surface area (Å²) >= 11 is 0. The van der Waals surface area contributed by atoms with Crippen LogP contribution in [0, 0.1) is 11.3 Å². The molecule has 0 aliphatic rings. The molecule has 0 saturated heterocycles. The van der Waals surface area contributed by atoms with Crippen molar-refractivity contribution >= 4 is 17.5 Å². The van der Waals surface area contributed by atoms with Crippen LogP contribution in [0.15, 0.2) is 60.7 Å². The standard InChI is InChI=1S/C22H18N6O/c1-14(22(24)29)7-15-3-5-16(6-4-15)20-8-17(19-11-25-27(2)12-19)13-28-21(20)18(9-23)10-26-28/h3-8,10-13H,1-2H3,(H2,24,29). The van der Waals surface area contributed by atoms with E-state index in [1.54, 1.807) is 34.6 Å². The molecule has 0 aliphatic heterocycles. The average Bonchev–Trinajstić information content (AvgIpc) is 3.33. The van der Waals surface area contributed by atoms with Gasteiger partial charge in [-0.3, -0.25) is 9.48 Å². The number of rotatable bonds is 4. The topological polar surface area (TPSA) is 102 Å². The van der Waals surface area contributed by atoms with Gasteiger partial charge in [-0.2, -0.15) is 15.5 Å². The van der Waals surface area contributed by atoms with Crippen LogP contribution in [0.4, 0.5) is 0 Å². The molecule has 0 saturated carbocycles. The number of carbonyl (C=O) groups is 1. The van der Waals surface area contributed by atoms with Crippen molar-refractivity contribution in [1.29, 1.82) is 5.26 Å². The van der Waals surface area contributed by atoms with Crippen molar-refractivity contribution in [3.8, 4) is 28.3 Å². The molecule has 0 atom stereocenters. The van der Waals surface area contributed by atoms with Gasteiger partial charge in [0.1, 0.15) is 6.07 Å². The normalized spacial score (nSPS) is 11.6. The van der Waals surface area contributed by atoms with Crippen molar-refractivity contribution in [2.45, 2.75) is 6.92 Å². The summed E-state index contributed by atoms with van der Waals surface area (Å²) < 4.78 is 3.46. The van der Waals surface area contributed by atoms with Gasteiger partial charge in [-0.05, 0) is 30.2 Å². The molecule has 4 rings (SSSR count). The lowest BCUT2D eigenvalue weighted by Gasteiger charge is -2.09. The average molecular weight is 382 g/mol. The molecule has 0 radical (unpaired) electrons. The number of nitrogens with zero attached hydrogens (tertiary/aromatic N) is 5. The Kier molecular flexibility index (Phi) is 4.45. The van der Waals surface area contributed by atoms with E-state index < -0.39 is 5.91 Å². The summed E-state index contributed by atoms with van der Waals surface area (Å²) in [5.74, 6) is -0.446. The summed E-state index contributed by atoms with van der Waals surface area (Å²) in [4.78, 5) is 11.3. The quantitative estimate of drug-likeness (QED) is 0.548. The Hall–Kier alpha value is -4.18. The maximum Gasteiger partial charge on any atom is 0.244 e. The molecular weight excluding hydrogens is 364 g/mol.